The summed E-state index contributed by atoms with van der Waals surface area (Å²) in [6.45, 7) is 3.91. The standard InChI is InChI=1S/C13H12O2/c1-8-6-11-9(2)4-3-5-10(11)12(7-8)13(14)15/h3-7H,1-2H3,(H,14,15). The predicted octanol–water partition coefficient (Wildman–Crippen LogP) is 3.15. The van der Waals surface area contributed by atoms with Gasteiger partial charge in [-0.05, 0) is 41.8 Å². The molecule has 0 atom stereocenters. The van der Waals surface area contributed by atoms with Gasteiger partial charge in [0.2, 0.25) is 0 Å². The molecule has 0 saturated carbocycles. The molecule has 2 heteroatoms. The van der Waals surface area contributed by atoms with E-state index in [1.807, 2.05) is 38.1 Å². The van der Waals surface area contributed by atoms with Crippen molar-refractivity contribution in [1.29, 1.82) is 0 Å². The molecular weight excluding hydrogens is 188 g/mol. The lowest BCUT2D eigenvalue weighted by atomic mass is 9.98. The number of carboxylic acids is 1. The van der Waals surface area contributed by atoms with Gasteiger partial charge in [0.25, 0.3) is 0 Å². The van der Waals surface area contributed by atoms with Gasteiger partial charge < -0.3 is 5.11 Å². The average Bonchev–Trinajstić information content (AvgIpc) is 2.18. The van der Waals surface area contributed by atoms with E-state index in [0.29, 0.717) is 5.56 Å². The highest BCUT2D eigenvalue weighted by Crippen LogP contribution is 2.23. The normalized spacial score (nSPS) is 10.5. The fraction of sp³-hybridized carbons (Fsp3) is 0.154. The van der Waals surface area contributed by atoms with Gasteiger partial charge in [-0.2, -0.15) is 0 Å². The van der Waals surface area contributed by atoms with Crippen molar-refractivity contribution in [2.75, 3.05) is 0 Å². The lowest BCUT2D eigenvalue weighted by molar-refractivity contribution is 0.0699. The minimum Gasteiger partial charge on any atom is -0.478 e. The largest absolute Gasteiger partial charge is 0.478 e. The van der Waals surface area contributed by atoms with Gasteiger partial charge in [-0.3, -0.25) is 0 Å². The number of carbonyl (C=O) groups is 1. The maximum atomic E-state index is 11.1. The summed E-state index contributed by atoms with van der Waals surface area (Å²) in [6, 6.07) is 9.47. The van der Waals surface area contributed by atoms with Gasteiger partial charge in [0, 0.05) is 0 Å². The zero-order valence-electron chi connectivity index (χ0n) is 8.74. The molecule has 0 fully saturated rings. The predicted molar refractivity (Wildman–Crippen MR) is 60.4 cm³/mol. The molecule has 2 rings (SSSR count). The summed E-state index contributed by atoms with van der Waals surface area (Å²) >= 11 is 0. The van der Waals surface area contributed by atoms with Crippen molar-refractivity contribution >= 4 is 16.7 Å². The fourth-order valence-corrected chi connectivity index (χ4v) is 1.86. The Kier molecular flexibility index (Phi) is 2.19. The van der Waals surface area contributed by atoms with Gasteiger partial charge in [0.1, 0.15) is 0 Å². The maximum Gasteiger partial charge on any atom is 0.336 e. The van der Waals surface area contributed by atoms with Gasteiger partial charge in [0.05, 0.1) is 5.56 Å². The first-order chi connectivity index (χ1) is 7.09. The lowest BCUT2D eigenvalue weighted by Crippen LogP contribution is -1.98. The van der Waals surface area contributed by atoms with Crippen molar-refractivity contribution < 1.29 is 9.90 Å². The van der Waals surface area contributed by atoms with Crippen LogP contribution >= 0.6 is 0 Å². The number of carboxylic acid groups (broad SMARTS) is 1. The van der Waals surface area contributed by atoms with Crippen LogP contribution in [0.1, 0.15) is 21.5 Å². The first-order valence-electron chi connectivity index (χ1n) is 4.83. The zero-order chi connectivity index (χ0) is 11.0. The third kappa shape index (κ3) is 1.59. The van der Waals surface area contributed by atoms with E-state index in [9.17, 15) is 4.79 Å². The van der Waals surface area contributed by atoms with Crippen molar-refractivity contribution in [1.82, 2.24) is 0 Å². The van der Waals surface area contributed by atoms with Gasteiger partial charge in [-0.25, -0.2) is 4.79 Å². The molecule has 0 aliphatic rings. The van der Waals surface area contributed by atoms with Crippen LogP contribution < -0.4 is 0 Å². The summed E-state index contributed by atoms with van der Waals surface area (Å²) < 4.78 is 0. The van der Waals surface area contributed by atoms with Crippen LogP contribution in [0.5, 0.6) is 0 Å². The van der Waals surface area contributed by atoms with E-state index in [1.165, 1.54) is 0 Å². The Labute approximate surface area is 88.2 Å². The monoisotopic (exact) mass is 200 g/mol. The number of benzene rings is 2. The Morgan fingerprint density at radius 2 is 1.87 bits per heavy atom. The number of aryl methyl sites for hydroxylation is 2. The second-order valence-corrected chi connectivity index (χ2v) is 3.79. The minimum atomic E-state index is -0.866. The van der Waals surface area contributed by atoms with Crippen molar-refractivity contribution in [3.8, 4) is 0 Å². The van der Waals surface area contributed by atoms with Crippen LogP contribution in [0.4, 0.5) is 0 Å². The van der Waals surface area contributed by atoms with Crippen molar-refractivity contribution in [3.05, 3.63) is 47.0 Å². The number of aromatic carboxylic acids is 1. The summed E-state index contributed by atoms with van der Waals surface area (Å²) in [7, 11) is 0. The molecule has 0 unspecified atom stereocenters. The summed E-state index contributed by atoms with van der Waals surface area (Å²) in [5.74, 6) is -0.866. The van der Waals surface area contributed by atoms with Crippen LogP contribution in [0.3, 0.4) is 0 Å². The molecular formula is C13H12O2. The Balaban J connectivity index is 2.92. The van der Waals surface area contributed by atoms with E-state index in [4.69, 9.17) is 5.11 Å². The molecule has 0 saturated heterocycles. The Morgan fingerprint density at radius 3 is 2.53 bits per heavy atom. The zero-order valence-corrected chi connectivity index (χ0v) is 8.74. The van der Waals surface area contributed by atoms with Crippen LogP contribution in [0.2, 0.25) is 0 Å². The number of fused-ring (bicyclic) bond motifs is 1. The van der Waals surface area contributed by atoms with Crippen LogP contribution in [0, 0.1) is 13.8 Å². The Morgan fingerprint density at radius 1 is 1.13 bits per heavy atom. The van der Waals surface area contributed by atoms with Crippen molar-refractivity contribution in [2.24, 2.45) is 0 Å². The molecule has 2 aromatic rings. The smallest absolute Gasteiger partial charge is 0.336 e. The molecule has 0 heterocycles. The van der Waals surface area contributed by atoms with Gasteiger partial charge in [0.15, 0.2) is 0 Å². The van der Waals surface area contributed by atoms with Crippen molar-refractivity contribution in [2.45, 2.75) is 13.8 Å². The molecule has 76 valence electrons. The molecule has 2 aromatic carbocycles. The van der Waals surface area contributed by atoms with Crippen LogP contribution in [-0.2, 0) is 0 Å². The summed E-state index contributed by atoms with van der Waals surface area (Å²) in [6.07, 6.45) is 0. The second kappa shape index (κ2) is 3.39. The highest BCUT2D eigenvalue weighted by Gasteiger charge is 2.09. The van der Waals surface area contributed by atoms with E-state index in [2.05, 4.69) is 0 Å². The molecule has 0 bridgehead atoms. The number of rotatable bonds is 1. The summed E-state index contributed by atoms with van der Waals surface area (Å²) in [4.78, 5) is 11.1. The molecule has 1 N–H and O–H groups in total. The van der Waals surface area contributed by atoms with E-state index in [1.54, 1.807) is 6.07 Å². The third-order valence-corrected chi connectivity index (χ3v) is 2.59. The van der Waals surface area contributed by atoms with Crippen molar-refractivity contribution in [3.63, 3.8) is 0 Å². The molecule has 2 nitrogen and oxygen atoms in total. The van der Waals surface area contributed by atoms with Crippen LogP contribution in [-0.4, -0.2) is 11.1 Å². The summed E-state index contributed by atoms with van der Waals surface area (Å²) in [5, 5.41) is 10.9. The average molecular weight is 200 g/mol. The molecule has 0 aliphatic heterocycles. The fourth-order valence-electron chi connectivity index (χ4n) is 1.86. The molecule has 15 heavy (non-hydrogen) atoms. The molecule has 0 aromatic heterocycles. The number of hydrogen-bond acceptors (Lipinski definition) is 1. The molecule has 0 spiro atoms. The SMILES string of the molecule is Cc1cc(C(=O)O)c2cccc(C)c2c1. The van der Waals surface area contributed by atoms with Gasteiger partial charge >= 0.3 is 5.97 Å². The Bertz CT molecular complexity index is 541. The van der Waals surface area contributed by atoms with Gasteiger partial charge in [-0.1, -0.05) is 24.3 Å². The number of hydrogen-bond donors (Lipinski definition) is 1. The molecule has 0 aliphatic carbocycles. The minimum absolute atomic E-state index is 0.383. The molecule has 0 radical (unpaired) electrons. The second-order valence-electron chi connectivity index (χ2n) is 3.79. The quantitative estimate of drug-likeness (QED) is 0.767. The molecule has 0 amide bonds. The van der Waals surface area contributed by atoms with Gasteiger partial charge in [-0.15, -0.1) is 0 Å². The summed E-state index contributed by atoms with van der Waals surface area (Å²) in [5.41, 5.74) is 2.47. The van der Waals surface area contributed by atoms with Crippen LogP contribution in [0.15, 0.2) is 30.3 Å². The highest BCUT2D eigenvalue weighted by atomic mass is 16.4. The maximum absolute atomic E-state index is 11.1. The van der Waals surface area contributed by atoms with E-state index in [0.717, 1.165) is 21.9 Å². The van der Waals surface area contributed by atoms with E-state index >= 15 is 0 Å². The lowest BCUT2D eigenvalue weighted by Gasteiger charge is -2.06. The first kappa shape index (κ1) is 9.71. The van der Waals surface area contributed by atoms with Crippen LogP contribution in [0.25, 0.3) is 10.8 Å². The third-order valence-electron chi connectivity index (χ3n) is 2.59. The highest BCUT2D eigenvalue weighted by molar-refractivity contribution is 6.04. The topological polar surface area (TPSA) is 37.3 Å². The first-order valence-corrected chi connectivity index (χ1v) is 4.83. The van der Waals surface area contributed by atoms with E-state index < -0.39 is 5.97 Å². The Hall–Kier alpha value is -1.83. The van der Waals surface area contributed by atoms with E-state index in [-0.39, 0.29) is 0 Å².